The Hall–Kier alpha value is -3.81. The monoisotopic (exact) mass is 360 g/mol. The number of nitrogens with one attached hydrogen (secondary N) is 1. The van der Waals surface area contributed by atoms with Crippen molar-refractivity contribution < 1.29 is 9.32 Å². The van der Waals surface area contributed by atoms with E-state index in [0.29, 0.717) is 35.9 Å². The van der Waals surface area contributed by atoms with E-state index in [1.165, 1.54) is 0 Å². The summed E-state index contributed by atoms with van der Waals surface area (Å²) < 4.78 is 6.91. The first-order valence-electron chi connectivity index (χ1n) is 8.42. The molecule has 0 spiro atoms. The third-order valence-electron chi connectivity index (χ3n) is 3.86. The first-order chi connectivity index (χ1) is 13.3. The molecule has 4 aromatic rings. The molecule has 3 heterocycles. The number of benzene rings is 1. The molecule has 8 nitrogen and oxygen atoms in total. The van der Waals surface area contributed by atoms with Gasteiger partial charge in [-0.15, -0.1) is 0 Å². The summed E-state index contributed by atoms with van der Waals surface area (Å²) in [5, 5.41) is 10.9. The minimum absolute atomic E-state index is 0.173. The number of rotatable bonds is 6. The molecule has 0 unspecified atom stereocenters. The molecule has 3 aromatic heterocycles. The molecule has 4 rings (SSSR count). The summed E-state index contributed by atoms with van der Waals surface area (Å²) in [5.74, 6) is 0.707. The van der Waals surface area contributed by atoms with Crippen molar-refractivity contribution in [2.24, 2.45) is 0 Å². The fourth-order valence-corrected chi connectivity index (χ4v) is 2.55. The van der Waals surface area contributed by atoms with Crippen LogP contribution in [0.15, 0.2) is 71.6 Å². The van der Waals surface area contributed by atoms with Gasteiger partial charge in [0, 0.05) is 37.1 Å². The fourth-order valence-electron chi connectivity index (χ4n) is 2.55. The number of carbonyl (C=O) groups is 1. The van der Waals surface area contributed by atoms with Gasteiger partial charge < -0.3 is 9.84 Å². The maximum Gasteiger partial charge on any atom is 0.251 e. The predicted octanol–water partition coefficient (Wildman–Crippen LogP) is 2.29. The molecule has 1 aromatic carbocycles. The van der Waals surface area contributed by atoms with Crippen LogP contribution in [0.25, 0.3) is 17.2 Å². The van der Waals surface area contributed by atoms with E-state index in [-0.39, 0.29) is 5.91 Å². The van der Waals surface area contributed by atoms with E-state index in [1.54, 1.807) is 29.2 Å². The molecule has 0 saturated heterocycles. The van der Waals surface area contributed by atoms with Crippen molar-refractivity contribution in [2.75, 3.05) is 6.54 Å². The lowest BCUT2D eigenvalue weighted by Crippen LogP contribution is -2.25. The van der Waals surface area contributed by atoms with E-state index in [2.05, 4.69) is 25.5 Å². The topological polar surface area (TPSA) is 98.7 Å². The maximum atomic E-state index is 12.4. The van der Waals surface area contributed by atoms with Gasteiger partial charge in [-0.1, -0.05) is 17.3 Å². The molecule has 0 radical (unpaired) electrons. The zero-order valence-corrected chi connectivity index (χ0v) is 14.3. The second-order valence-electron chi connectivity index (χ2n) is 5.73. The van der Waals surface area contributed by atoms with Gasteiger partial charge in [-0.25, -0.2) is 4.68 Å². The third kappa shape index (κ3) is 3.90. The van der Waals surface area contributed by atoms with Crippen LogP contribution in [0.1, 0.15) is 16.2 Å². The first-order valence-corrected chi connectivity index (χ1v) is 8.42. The summed E-state index contributed by atoms with van der Waals surface area (Å²) in [6.45, 7) is 0.384. The maximum absolute atomic E-state index is 12.4. The molecule has 0 aliphatic carbocycles. The normalized spacial score (nSPS) is 10.7. The molecule has 8 heteroatoms. The largest absolute Gasteiger partial charge is 0.352 e. The average molecular weight is 360 g/mol. The molecule has 134 valence electrons. The molecular formula is C19H16N6O2. The number of carbonyl (C=O) groups excluding carboxylic acids is 1. The number of amides is 1. The SMILES string of the molecule is O=C(NCCc1nc(-c2ccccn2)no1)c1cccc(-n2cccn2)c1. The number of nitrogens with zero attached hydrogens (tertiary/aromatic N) is 5. The smallest absolute Gasteiger partial charge is 0.251 e. The van der Waals surface area contributed by atoms with Crippen molar-refractivity contribution in [1.82, 2.24) is 30.2 Å². The van der Waals surface area contributed by atoms with Gasteiger partial charge in [0.05, 0.1) is 5.69 Å². The van der Waals surface area contributed by atoms with E-state index in [4.69, 9.17) is 4.52 Å². The van der Waals surface area contributed by atoms with Gasteiger partial charge in [0.1, 0.15) is 5.69 Å². The molecule has 0 fully saturated rings. The summed E-state index contributed by atoms with van der Waals surface area (Å²) in [7, 11) is 0. The van der Waals surface area contributed by atoms with E-state index in [1.807, 2.05) is 42.6 Å². The van der Waals surface area contributed by atoms with Crippen molar-refractivity contribution in [3.63, 3.8) is 0 Å². The average Bonchev–Trinajstić information content (AvgIpc) is 3.41. The van der Waals surface area contributed by atoms with Crippen LogP contribution in [0.3, 0.4) is 0 Å². The minimum atomic E-state index is -0.173. The van der Waals surface area contributed by atoms with Gasteiger partial charge in [0.2, 0.25) is 11.7 Å². The summed E-state index contributed by atoms with van der Waals surface area (Å²) in [5.41, 5.74) is 2.03. The van der Waals surface area contributed by atoms with Crippen LogP contribution >= 0.6 is 0 Å². The van der Waals surface area contributed by atoms with Crippen molar-refractivity contribution in [3.05, 3.63) is 78.6 Å². The van der Waals surface area contributed by atoms with Gasteiger partial charge in [-0.05, 0) is 36.4 Å². The third-order valence-corrected chi connectivity index (χ3v) is 3.86. The van der Waals surface area contributed by atoms with Crippen molar-refractivity contribution >= 4 is 5.91 Å². The van der Waals surface area contributed by atoms with Gasteiger partial charge in [0.25, 0.3) is 5.91 Å². The molecule has 1 N–H and O–H groups in total. The van der Waals surface area contributed by atoms with Gasteiger partial charge >= 0.3 is 0 Å². The van der Waals surface area contributed by atoms with E-state index in [9.17, 15) is 4.79 Å². The number of aromatic nitrogens is 5. The highest BCUT2D eigenvalue weighted by Gasteiger charge is 2.11. The molecule has 0 saturated carbocycles. The molecule has 1 amide bonds. The Balaban J connectivity index is 1.35. The number of pyridine rings is 1. The molecule has 0 aliphatic heterocycles. The standard InChI is InChI=1S/C19H16N6O2/c26-19(14-5-3-6-15(13-14)25-12-4-10-22-25)21-11-8-17-23-18(24-27-17)16-7-1-2-9-20-16/h1-7,9-10,12-13H,8,11H2,(H,21,26). The van der Waals surface area contributed by atoms with Gasteiger partial charge in [0.15, 0.2) is 0 Å². The van der Waals surface area contributed by atoms with Crippen LogP contribution < -0.4 is 5.32 Å². The summed E-state index contributed by atoms with van der Waals surface area (Å²) in [4.78, 5) is 20.8. The predicted molar refractivity (Wildman–Crippen MR) is 97.1 cm³/mol. The Bertz CT molecular complexity index is 1030. The lowest BCUT2D eigenvalue weighted by molar-refractivity contribution is 0.0953. The van der Waals surface area contributed by atoms with Crippen LogP contribution in [0.4, 0.5) is 0 Å². The number of hydrogen-bond donors (Lipinski definition) is 1. The lowest BCUT2D eigenvalue weighted by Gasteiger charge is -2.06. The highest BCUT2D eigenvalue weighted by atomic mass is 16.5. The Labute approximate surface area is 154 Å². The lowest BCUT2D eigenvalue weighted by atomic mass is 10.2. The van der Waals surface area contributed by atoms with Gasteiger partial charge in [-0.2, -0.15) is 10.1 Å². The quantitative estimate of drug-likeness (QED) is 0.566. The molecular weight excluding hydrogens is 344 g/mol. The van der Waals surface area contributed by atoms with Crippen LogP contribution in [0, 0.1) is 0 Å². The summed E-state index contributed by atoms with van der Waals surface area (Å²) >= 11 is 0. The Morgan fingerprint density at radius 3 is 2.89 bits per heavy atom. The second-order valence-corrected chi connectivity index (χ2v) is 5.73. The second kappa shape index (κ2) is 7.61. The highest BCUT2D eigenvalue weighted by Crippen LogP contribution is 2.12. The highest BCUT2D eigenvalue weighted by molar-refractivity contribution is 5.94. The van der Waals surface area contributed by atoms with E-state index >= 15 is 0 Å². The Kier molecular flexibility index (Phi) is 4.69. The zero-order valence-electron chi connectivity index (χ0n) is 14.3. The Morgan fingerprint density at radius 2 is 2.07 bits per heavy atom. The van der Waals surface area contributed by atoms with Gasteiger partial charge in [-0.3, -0.25) is 9.78 Å². The Morgan fingerprint density at radius 1 is 1.11 bits per heavy atom. The van der Waals surface area contributed by atoms with Crippen molar-refractivity contribution in [1.29, 1.82) is 0 Å². The van der Waals surface area contributed by atoms with Crippen molar-refractivity contribution in [2.45, 2.75) is 6.42 Å². The van der Waals surface area contributed by atoms with Crippen molar-refractivity contribution in [3.8, 4) is 17.2 Å². The fraction of sp³-hybridized carbons (Fsp3) is 0.105. The number of hydrogen-bond acceptors (Lipinski definition) is 6. The van der Waals surface area contributed by atoms with Crippen LogP contribution in [-0.2, 0) is 6.42 Å². The van der Waals surface area contributed by atoms with Crippen LogP contribution in [0.2, 0.25) is 0 Å². The first kappa shape index (κ1) is 16.6. The van der Waals surface area contributed by atoms with Crippen LogP contribution in [0.5, 0.6) is 0 Å². The summed E-state index contributed by atoms with van der Waals surface area (Å²) in [6.07, 6.45) is 5.62. The summed E-state index contributed by atoms with van der Waals surface area (Å²) in [6, 6.07) is 14.6. The van der Waals surface area contributed by atoms with E-state index in [0.717, 1.165) is 5.69 Å². The van der Waals surface area contributed by atoms with Crippen LogP contribution in [-0.4, -0.2) is 37.4 Å². The molecule has 0 aliphatic rings. The van der Waals surface area contributed by atoms with E-state index < -0.39 is 0 Å². The minimum Gasteiger partial charge on any atom is -0.352 e. The molecule has 0 bridgehead atoms. The molecule has 0 atom stereocenters. The molecule has 27 heavy (non-hydrogen) atoms. The zero-order chi connectivity index (χ0) is 18.5.